The zero-order valence-corrected chi connectivity index (χ0v) is 12.4. The number of benzene rings is 1. The first-order valence-corrected chi connectivity index (χ1v) is 6.92. The molecule has 2 N–H and O–H groups in total. The van der Waals surface area contributed by atoms with Gasteiger partial charge in [-0.05, 0) is 40.5 Å². The smallest absolute Gasteiger partial charge is 0.164 e. The molecule has 18 heavy (non-hydrogen) atoms. The summed E-state index contributed by atoms with van der Waals surface area (Å²) in [4.78, 5) is 0. The molecular formula is C12H14BrClN4. The van der Waals surface area contributed by atoms with E-state index in [1.54, 1.807) is 0 Å². The maximum absolute atomic E-state index is 5.99. The quantitative estimate of drug-likeness (QED) is 0.937. The van der Waals surface area contributed by atoms with Crippen LogP contribution in [-0.4, -0.2) is 14.8 Å². The molecule has 2 aromatic rings. The fourth-order valence-corrected chi connectivity index (χ4v) is 2.29. The average Bonchev–Trinajstić information content (AvgIpc) is 2.76. The van der Waals surface area contributed by atoms with Gasteiger partial charge in [-0.15, -0.1) is 10.2 Å². The minimum absolute atomic E-state index is 0.391. The minimum atomic E-state index is 0.391. The van der Waals surface area contributed by atoms with E-state index in [2.05, 4.69) is 37.6 Å². The summed E-state index contributed by atoms with van der Waals surface area (Å²) in [7, 11) is 0. The van der Waals surface area contributed by atoms with E-state index in [0.717, 1.165) is 34.7 Å². The lowest BCUT2D eigenvalue weighted by atomic mass is 10.2. The molecule has 0 saturated carbocycles. The predicted octanol–water partition coefficient (Wildman–Crippen LogP) is 3.23. The molecule has 0 aliphatic heterocycles. The fraction of sp³-hybridized carbons (Fsp3) is 0.333. The molecule has 0 atom stereocenters. The van der Waals surface area contributed by atoms with Crippen LogP contribution >= 0.6 is 27.5 Å². The lowest BCUT2D eigenvalue weighted by molar-refractivity contribution is 0.644. The Morgan fingerprint density at radius 3 is 2.78 bits per heavy atom. The fourth-order valence-electron chi connectivity index (χ4n) is 1.79. The summed E-state index contributed by atoms with van der Waals surface area (Å²) in [5, 5.41) is 9.02. The van der Waals surface area contributed by atoms with E-state index in [1.807, 2.05) is 18.2 Å². The number of aromatic nitrogens is 3. The molecule has 0 radical (unpaired) electrons. The maximum atomic E-state index is 5.99. The summed E-state index contributed by atoms with van der Waals surface area (Å²) in [5.74, 6) is 1.63. The lowest BCUT2D eigenvalue weighted by Crippen LogP contribution is -2.09. The number of hydrogen-bond acceptors (Lipinski definition) is 3. The second-order valence-corrected chi connectivity index (χ2v) is 5.19. The van der Waals surface area contributed by atoms with Crippen LogP contribution in [0.15, 0.2) is 22.7 Å². The van der Waals surface area contributed by atoms with Crippen LogP contribution in [0.2, 0.25) is 5.02 Å². The van der Waals surface area contributed by atoms with Crippen molar-refractivity contribution in [1.82, 2.24) is 14.8 Å². The Hall–Kier alpha value is -0.910. The first-order valence-electron chi connectivity index (χ1n) is 5.75. The van der Waals surface area contributed by atoms with Gasteiger partial charge in [0.05, 0.1) is 11.6 Å². The van der Waals surface area contributed by atoms with Crippen molar-refractivity contribution in [3.05, 3.63) is 33.5 Å². The Morgan fingerprint density at radius 2 is 2.17 bits per heavy atom. The molecule has 1 aromatic carbocycles. The highest BCUT2D eigenvalue weighted by molar-refractivity contribution is 9.10. The number of nitrogens with zero attached hydrogens (tertiary/aromatic N) is 3. The van der Waals surface area contributed by atoms with Crippen LogP contribution in [0, 0.1) is 0 Å². The van der Waals surface area contributed by atoms with Gasteiger partial charge in [0, 0.05) is 16.6 Å². The summed E-state index contributed by atoms with van der Waals surface area (Å²) in [6.45, 7) is 3.36. The van der Waals surface area contributed by atoms with Crippen molar-refractivity contribution in [3.8, 4) is 11.4 Å². The van der Waals surface area contributed by atoms with Crippen LogP contribution in [0.5, 0.6) is 0 Å². The van der Waals surface area contributed by atoms with Crippen molar-refractivity contribution < 1.29 is 0 Å². The van der Waals surface area contributed by atoms with E-state index in [1.165, 1.54) is 0 Å². The topological polar surface area (TPSA) is 56.7 Å². The van der Waals surface area contributed by atoms with Crippen LogP contribution in [0.3, 0.4) is 0 Å². The van der Waals surface area contributed by atoms with E-state index < -0.39 is 0 Å². The highest BCUT2D eigenvalue weighted by Gasteiger charge is 2.13. The molecule has 0 unspecified atom stereocenters. The highest BCUT2D eigenvalue weighted by atomic mass is 79.9. The van der Waals surface area contributed by atoms with E-state index >= 15 is 0 Å². The van der Waals surface area contributed by atoms with Crippen LogP contribution in [0.1, 0.15) is 19.2 Å². The molecule has 6 heteroatoms. The third-order valence-corrected chi connectivity index (χ3v) is 3.85. The van der Waals surface area contributed by atoms with E-state index in [9.17, 15) is 0 Å². The second kappa shape index (κ2) is 5.82. The van der Waals surface area contributed by atoms with Gasteiger partial charge < -0.3 is 10.3 Å². The van der Waals surface area contributed by atoms with Crippen LogP contribution in [0.4, 0.5) is 0 Å². The number of rotatable bonds is 4. The highest BCUT2D eigenvalue weighted by Crippen LogP contribution is 2.28. The average molecular weight is 330 g/mol. The summed E-state index contributed by atoms with van der Waals surface area (Å²) in [6.07, 6.45) is 1.01. The van der Waals surface area contributed by atoms with Gasteiger partial charge in [0.15, 0.2) is 5.82 Å². The normalized spacial score (nSPS) is 10.9. The third kappa shape index (κ3) is 2.58. The van der Waals surface area contributed by atoms with Gasteiger partial charge in [-0.1, -0.05) is 18.5 Å². The van der Waals surface area contributed by atoms with Gasteiger partial charge in [0.2, 0.25) is 0 Å². The van der Waals surface area contributed by atoms with Crippen LogP contribution in [0.25, 0.3) is 11.4 Å². The van der Waals surface area contributed by atoms with Crippen LogP contribution < -0.4 is 5.73 Å². The Kier molecular flexibility index (Phi) is 4.37. The van der Waals surface area contributed by atoms with Gasteiger partial charge in [-0.25, -0.2) is 0 Å². The Balaban J connectivity index is 2.49. The third-order valence-electron chi connectivity index (χ3n) is 2.63. The largest absolute Gasteiger partial charge is 0.324 e. The molecule has 0 spiro atoms. The molecule has 0 saturated heterocycles. The van der Waals surface area contributed by atoms with E-state index in [-0.39, 0.29) is 0 Å². The molecule has 1 aromatic heterocycles. The number of halogens is 2. The Morgan fingerprint density at radius 1 is 1.39 bits per heavy atom. The summed E-state index contributed by atoms with van der Waals surface area (Å²) in [5.41, 5.74) is 6.65. The van der Waals surface area contributed by atoms with Gasteiger partial charge in [-0.3, -0.25) is 0 Å². The SMILES string of the molecule is CCCn1c(CN)nnc1-c1ccc(Cl)c(Br)c1. The summed E-state index contributed by atoms with van der Waals surface area (Å²) >= 11 is 9.41. The molecule has 0 amide bonds. The number of nitrogens with two attached hydrogens (primary N) is 1. The second-order valence-electron chi connectivity index (χ2n) is 3.92. The van der Waals surface area contributed by atoms with Crippen molar-refractivity contribution in [2.45, 2.75) is 26.4 Å². The Labute approximate surface area is 119 Å². The number of hydrogen-bond donors (Lipinski definition) is 1. The molecule has 0 aliphatic carbocycles. The standard InChI is InChI=1S/C12H14BrClN4/c1-2-5-18-11(7-15)16-17-12(18)8-3-4-10(14)9(13)6-8/h3-4,6H,2,5,7,15H2,1H3. The minimum Gasteiger partial charge on any atom is -0.324 e. The van der Waals surface area contributed by atoms with Gasteiger partial charge in [0.1, 0.15) is 5.82 Å². The summed E-state index contributed by atoms with van der Waals surface area (Å²) in [6, 6.07) is 5.72. The monoisotopic (exact) mass is 328 g/mol. The van der Waals surface area contributed by atoms with Crippen molar-refractivity contribution >= 4 is 27.5 Å². The zero-order chi connectivity index (χ0) is 13.1. The van der Waals surface area contributed by atoms with E-state index in [4.69, 9.17) is 17.3 Å². The lowest BCUT2D eigenvalue weighted by Gasteiger charge is -2.08. The summed E-state index contributed by atoms with van der Waals surface area (Å²) < 4.78 is 2.90. The van der Waals surface area contributed by atoms with Crippen molar-refractivity contribution in [3.63, 3.8) is 0 Å². The van der Waals surface area contributed by atoms with Crippen molar-refractivity contribution in [2.75, 3.05) is 0 Å². The first-order chi connectivity index (χ1) is 8.67. The van der Waals surface area contributed by atoms with Gasteiger partial charge in [0.25, 0.3) is 0 Å². The molecule has 96 valence electrons. The Bertz CT molecular complexity index is 553. The van der Waals surface area contributed by atoms with Gasteiger partial charge >= 0.3 is 0 Å². The molecule has 1 heterocycles. The van der Waals surface area contributed by atoms with Gasteiger partial charge in [-0.2, -0.15) is 0 Å². The predicted molar refractivity (Wildman–Crippen MR) is 76.4 cm³/mol. The van der Waals surface area contributed by atoms with Crippen molar-refractivity contribution in [2.24, 2.45) is 5.73 Å². The molecule has 0 bridgehead atoms. The molecular weight excluding hydrogens is 316 g/mol. The van der Waals surface area contributed by atoms with E-state index in [0.29, 0.717) is 11.6 Å². The maximum Gasteiger partial charge on any atom is 0.164 e. The zero-order valence-electron chi connectivity index (χ0n) is 10.0. The molecule has 2 rings (SSSR count). The first kappa shape index (κ1) is 13.5. The van der Waals surface area contributed by atoms with Crippen LogP contribution in [-0.2, 0) is 13.1 Å². The molecule has 4 nitrogen and oxygen atoms in total. The molecule has 0 fully saturated rings. The molecule has 0 aliphatic rings. The van der Waals surface area contributed by atoms with Crippen molar-refractivity contribution in [1.29, 1.82) is 0 Å².